The molecule has 5 unspecified atom stereocenters. The third-order valence-electron chi connectivity index (χ3n) is 4.33. The van der Waals surface area contributed by atoms with E-state index in [0.29, 0.717) is 0 Å². The number of rotatable bonds is 4. The molecule has 0 amide bonds. The molecule has 1 saturated heterocycles. The molecule has 1 aliphatic heterocycles. The van der Waals surface area contributed by atoms with E-state index in [1.165, 1.54) is 0 Å². The fourth-order valence-corrected chi connectivity index (χ4v) is 2.84. The monoisotopic (exact) mass is 494 g/mol. The SMILES string of the molecule is CC(C)(C)C(=O)OC1C(O)OC(CBr)C(OC(=O)C(C)(C)C)C1OC(=O)C(C)(C)C. The van der Waals surface area contributed by atoms with Gasteiger partial charge >= 0.3 is 17.9 Å². The second-order valence-electron chi connectivity index (χ2n) is 10.6. The molecule has 0 spiro atoms. The summed E-state index contributed by atoms with van der Waals surface area (Å²) in [4.78, 5) is 37.7. The van der Waals surface area contributed by atoms with Gasteiger partial charge in [-0.25, -0.2) is 0 Å². The van der Waals surface area contributed by atoms with Gasteiger partial charge in [-0.15, -0.1) is 0 Å². The van der Waals surface area contributed by atoms with Crippen LogP contribution in [0.2, 0.25) is 0 Å². The molecular weight excluding hydrogens is 460 g/mol. The first-order valence-corrected chi connectivity index (χ1v) is 11.0. The molecule has 0 aliphatic carbocycles. The van der Waals surface area contributed by atoms with Crippen molar-refractivity contribution in [2.24, 2.45) is 16.2 Å². The summed E-state index contributed by atoms with van der Waals surface area (Å²) in [5.74, 6) is -1.76. The fourth-order valence-electron chi connectivity index (χ4n) is 2.32. The zero-order valence-corrected chi connectivity index (χ0v) is 20.9. The van der Waals surface area contributed by atoms with E-state index in [1.807, 2.05) is 0 Å². The number of hydrogen-bond acceptors (Lipinski definition) is 8. The van der Waals surface area contributed by atoms with E-state index < -0.39 is 64.9 Å². The lowest BCUT2D eigenvalue weighted by atomic mass is 9.93. The summed E-state index contributed by atoms with van der Waals surface area (Å²) in [7, 11) is 0. The van der Waals surface area contributed by atoms with Gasteiger partial charge in [0.1, 0.15) is 6.10 Å². The first-order chi connectivity index (χ1) is 13.4. The lowest BCUT2D eigenvalue weighted by Crippen LogP contribution is -2.63. The average molecular weight is 495 g/mol. The first-order valence-electron chi connectivity index (χ1n) is 9.92. The van der Waals surface area contributed by atoms with E-state index in [2.05, 4.69) is 15.9 Å². The highest BCUT2D eigenvalue weighted by Gasteiger charge is 2.53. The number of halogens is 1. The molecule has 9 heteroatoms. The highest BCUT2D eigenvalue weighted by atomic mass is 79.9. The normalized spacial score (nSPS) is 27.9. The van der Waals surface area contributed by atoms with Crippen LogP contribution in [0.15, 0.2) is 0 Å². The summed E-state index contributed by atoms with van der Waals surface area (Å²) in [6, 6.07) is 0. The molecule has 174 valence electrons. The van der Waals surface area contributed by atoms with Crippen LogP contribution in [0.3, 0.4) is 0 Å². The number of esters is 3. The lowest BCUT2D eigenvalue weighted by Gasteiger charge is -2.44. The van der Waals surface area contributed by atoms with Crippen LogP contribution in [0, 0.1) is 16.2 Å². The topological polar surface area (TPSA) is 108 Å². The average Bonchev–Trinajstić information content (AvgIpc) is 2.56. The Morgan fingerprint density at radius 1 is 0.733 bits per heavy atom. The van der Waals surface area contributed by atoms with Crippen molar-refractivity contribution in [3.63, 3.8) is 0 Å². The number of aliphatic hydroxyl groups excluding tert-OH is 1. The van der Waals surface area contributed by atoms with Crippen molar-refractivity contribution in [1.82, 2.24) is 0 Å². The second kappa shape index (κ2) is 9.53. The van der Waals surface area contributed by atoms with Crippen molar-refractivity contribution in [2.75, 3.05) is 5.33 Å². The first kappa shape index (κ1) is 26.8. The lowest BCUT2D eigenvalue weighted by molar-refractivity contribution is -0.291. The minimum absolute atomic E-state index is 0.190. The van der Waals surface area contributed by atoms with Gasteiger partial charge in [0.15, 0.2) is 24.6 Å². The van der Waals surface area contributed by atoms with Gasteiger partial charge in [0.05, 0.1) is 16.2 Å². The molecule has 1 fully saturated rings. The van der Waals surface area contributed by atoms with Crippen LogP contribution in [0.5, 0.6) is 0 Å². The van der Waals surface area contributed by atoms with Crippen LogP contribution in [0.4, 0.5) is 0 Å². The number of carbonyl (C=O) groups is 3. The highest BCUT2D eigenvalue weighted by molar-refractivity contribution is 9.09. The molecule has 1 N–H and O–H groups in total. The fraction of sp³-hybridized carbons (Fsp3) is 0.857. The minimum atomic E-state index is -1.57. The molecule has 0 aromatic heterocycles. The Hall–Kier alpha value is -1.19. The van der Waals surface area contributed by atoms with E-state index in [0.717, 1.165) is 0 Å². The van der Waals surface area contributed by atoms with E-state index in [1.54, 1.807) is 62.3 Å². The third-order valence-corrected chi connectivity index (χ3v) is 4.97. The number of hydrogen-bond donors (Lipinski definition) is 1. The zero-order valence-electron chi connectivity index (χ0n) is 19.3. The standard InChI is InChI=1S/C21H35BrO8/c1-19(2,3)16(24)28-12-11(10-22)27-15(23)14(30-18(26)21(7,8)9)13(12)29-17(25)20(4,5)6/h11-15,23H,10H2,1-9H3. The molecule has 1 rings (SSSR count). The molecule has 1 heterocycles. The zero-order chi connectivity index (χ0) is 23.7. The molecule has 8 nitrogen and oxygen atoms in total. The maximum absolute atomic E-state index is 12.7. The molecule has 30 heavy (non-hydrogen) atoms. The van der Waals surface area contributed by atoms with E-state index in [4.69, 9.17) is 18.9 Å². The maximum Gasteiger partial charge on any atom is 0.311 e. The van der Waals surface area contributed by atoms with Crippen LogP contribution in [-0.4, -0.2) is 59.1 Å². The Morgan fingerprint density at radius 3 is 1.40 bits per heavy atom. The van der Waals surface area contributed by atoms with Gasteiger partial charge in [-0.3, -0.25) is 14.4 Å². The van der Waals surface area contributed by atoms with Crippen LogP contribution in [0.1, 0.15) is 62.3 Å². The van der Waals surface area contributed by atoms with Gasteiger partial charge in [-0.2, -0.15) is 0 Å². The molecule has 5 atom stereocenters. The van der Waals surface area contributed by atoms with Crippen LogP contribution < -0.4 is 0 Å². The van der Waals surface area contributed by atoms with Crippen molar-refractivity contribution >= 4 is 33.8 Å². The van der Waals surface area contributed by atoms with Gasteiger partial charge in [-0.05, 0) is 62.3 Å². The largest absolute Gasteiger partial charge is 0.455 e. The third kappa shape index (κ3) is 6.92. The maximum atomic E-state index is 12.7. The number of alkyl halides is 1. The Kier molecular flexibility index (Phi) is 8.52. The van der Waals surface area contributed by atoms with Crippen LogP contribution in [0.25, 0.3) is 0 Å². The van der Waals surface area contributed by atoms with E-state index in [-0.39, 0.29) is 5.33 Å². The van der Waals surface area contributed by atoms with Gasteiger partial charge < -0.3 is 24.1 Å². The molecule has 0 saturated carbocycles. The Morgan fingerprint density at radius 2 is 1.07 bits per heavy atom. The summed E-state index contributed by atoms with van der Waals surface area (Å²) in [6.45, 7) is 15.0. The van der Waals surface area contributed by atoms with Crippen molar-refractivity contribution in [2.45, 2.75) is 93.0 Å². The number of aliphatic hydroxyl groups is 1. The number of carbonyl (C=O) groups excluding carboxylic acids is 3. The minimum Gasteiger partial charge on any atom is -0.455 e. The summed E-state index contributed by atoms with van der Waals surface area (Å²) >= 11 is 3.28. The van der Waals surface area contributed by atoms with Gasteiger partial charge in [-0.1, -0.05) is 15.9 Å². The number of ether oxygens (including phenoxy) is 4. The van der Waals surface area contributed by atoms with Gasteiger partial charge in [0.2, 0.25) is 0 Å². The summed E-state index contributed by atoms with van der Waals surface area (Å²) in [5.41, 5.74) is -2.57. The summed E-state index contributed by atoms with van der Waals surface area (Å²) < 4.78 is 22.3. The van der Waals surface area contributed by atoms with Gasteiger partial charge in [0, 0.05) is 5.33 Å². The van der Waals surface area contributed by atoms with E-state index >= 15 is 0 Å². The second-order valence-corrected chi connectivity index (χ2v) is 11.2. The molecule has 1 aliphatic rings. The Labute approximate surface area is 187 Å². The van der Waals surface area contributed by atoms with Crippen molar-refractivity contribution in [3.8, 4) is 0 Å². The summed E-state index contributed by atoms with van der Waals surface area (Å²) in [5, 5.41) is 10.7. The van der Waals surface area contributed by atoms with Crippen molar-refractivity contribution in [1.29, 1.82) is 0 Å². The highest BCUT2D eigenvalue weighted by Crippen LogP contribution is 2.33. The van der Waals surface area contributed by atoms with Crippen molar-refractivity contribution < 1.29 is 38.4 Å². The molecule has 0 radical (unpaired) electrons. The Bertz CT molecular complexity index is 641. The van der Waals surface area contributed by atoms with Crippen molar-refractivity contribution in [3.05, 3.63) is 0 Å². The molecular formula is C21H35BrO8. The Balaban J connectivity index is 3.37. The van der Waals surface area contributed by atoms with Crippen LogP contribution in [-0.2, 0) is 33.3 Å². The molecule has 0 bridgehead atoms. The smallest absolute Gasteiger partial charge is 0.311 e. The predicted molar refractivity (Wildman–Crippen MR) is 113 cm³/mol. The summed E-state index contributed by atoms with van der Waals surface area (Å²) in [6.07, 6.45) is -6.10. The van der Waals surface area contributed by atoms with Gasteiger partial charge in [0.25, 0.3) is 0 Å². The van der Waals surface area contributed by atoms with E-state index in [9.17, 15) is 19.5 Å². The quantitative estimate of drug-likeness (QED) is 0.360. The molecule has 0 aromatic carbocycles. The van der Waals surface area contributed by atoms with Crippen LogP contribution >= 0.6 is 15.9 Å². The predicted octanol–water partition coefficient (Wildman–Crippen LogP) is 2.97. The molecule has 0 aromatic rings.